The van der Waals surface area contributed by atoms with Crippen LogP contribution in [0.1, 0.15) is 26.2 Å². The molecule has 4 rings (SSSR count). The van der Waals surface area contributed by atoms with Crippen molar-refractivity contribution >= 4 is 16.9 Å². The van der Waals surface area contributed by atoms with E-state index >= 15 is 0 Å². The van der Waals surface area contributed by atoms with E-state index in [-0.39, 0.29) is 11.6 Å². The van der Waals surface area contributed by atoms with Crippen molar-refractivity contribution in [3.63, 3.8) is 0 Å². The second-order valence-corrected chi connectivity index (χ2v) is 7.87. The molecule has 30 heavy (non-hydrogen) atoms. The predicted molar refractivity (Wildman–Crippen MR) is 118 cm³/mol. The lowest BCUT2D eigenvalue weighted by molar-refractivity contribution is -0.133. The Hall–Kier alpha value is -3.02. The van der Waals surface area contributed by atoms with Gasteiger partial charge in [0.05, 0.1) is 17.6 Å². The van der Waals surface area contributed by atoms with Gasteiger partial charge in [-0.25, -0.2) is 4.79 Å². The fourth-order valence-electron chi connectivity index (χ4n) is 4.24. The molecule has 6 heteroatoms. The molecule has 158 valence electrons. The number of piperidine rings is 1. The molecule has 3 aromatic rings. The molecular formula is C24H29N3O3. The summed E-state index contributed by atoms with van der Waals surface area (Å²) in [5.41, 5.74) is 1.79. The van der Waals surface area contributed by atoms with E-state index in [2.05, 4.69) is 0 Å². The van der Waals surface area contributed by atoms with Crippen molar-refractivity contribution in [2.45, 2.75) is 39.3 Å². The van der Waals surface area contributed by atoms with E-state index in [9.17, 15) is 9.59 Å². The van der Waals surface area contributed by atoms with Crippen molar-refractivity contribution in [2.75, 3.05) is 19.7 Å². The summed E-state index contributed by atoms with van der Waals surface area (Å²) in [5.74, 6) is 1.49. The fraction of sp³-hybridized carbons (Fsp3) is 0.417. The Balaban J connectivity index is 1.30. The van der Waals surface area contributed by atoms with Crippen LogP contribution < -0.4 is 10.4 Å². The van der Waals surface area contributed by atoms with Crippen LogP contribution in [0.5, 0.6) is 5.75 Å². The summed E-state index contributed by atoms with van der Waals surface area (Å²) in [5, 5.41) is 0. The number of aromatic nitrogens is 2. The Morgan fingerprint density at radius 3 is 2.27 bits per heavy atom. The molecule has 0 spiro atoms. The maximum absolute atomic E-state index is 12.8. The van der Waals surface area contributed by atoms with E-state index in [1.807, 2.05) is 66.4 Å². The van der Waals surface area contributed by atoms with E-state index < -0.39 is 0 Å². The molecule has 1 aromatic heterocycles. The van der Waals surface area contributed by atoms with Gasteiger partial charge in [0.2, 0.25) is 5.91 Å². The van der Waals surface area contributed by atoms with E-state index in [4.69, 9.17) is 4.74 Å². The summed E-state index contributed by atoms with van der Waals surface area (Å²) in [4.78, 5) is 27.4. The molecule has 0 atom stereocenters. The van der Waals surface area contributed by atoms with Gasteiger partial charge in [0.25, 0.3) is 0 Å². The third-order valence-electron chi connectivity index (χ3n) is 5.99. The lowest BCUT2D eigenvalue weighted by Crippen LogP contribution is -2.40. The third-order valence-corrected chi connectivity index (χ3v) is 5.99. The van der Waals surface area contributed by atoms with Crippen LogP contribution in [0.25, 0.3) is 11.0 Å². The Kier molecular flexibility index (Phi) is 6.21. The number of imidazole rings is 1. The Morgan fingerprint density at radius 2 is 1.60 bits per heavy atom. The summed E-state index contributed by atoms with van der Waals surface area (Å²) in [6.45, 7) is 5.22. The number of benzene rings is 2. The van der Waals surface area contributed by atoms with Crippen LogP contribution >= 0.6 is 0 Å². The summed E-state index contributed by atoms with van der Waals surface area (Å²) in [7, 11) is 0. The maximum Gasteiger partial charge on any atom is 0.329 e. The van der Waals surface area contributed by atoms with Crippen LogP contribution in [0.15, 0.2) is 59.4 Å². The number of carbonyl (C=O) groups is 1. The lowest BCUT2D eigenvalue weighted by Gasteiger charge is -2.32. The number of nitrogens with zero attached hydrogens (tertiary/aromatic N) is 3. The van der Waals surface area contributed by atoms with Crippen molar-refractivity contribution < 1.29 is 9.53 Å². The number of ether oxygens (including phenoxy) is 1. The number of fused-ring (bicyclic) bond motifs is 1. The first kappa shape index (κ1) is 20.3. The molecule has 1 aliphatic rings. The zero-order valence-electron chi connectivity index (χ0n) is 17.5. The number of rotatable bonds is 7. The minimum Gasteiger partial charge on any atom is -0.493 e. The maximum atomic E-state index is 12.8. The molecular weight excluding hydrogens is 378 g/mol. The normalized spacial score (nSPS) is 14.9. The molecule has 0 unspecified atom stereocenters. The molecule has 1 saturated heterocycles. The molecule has 0 aliphatic carbocycles. The average molecular weight is 408 g/mol. The van der Waals surface area contributed by atoms with Gasteiger partial charge in [-0.05, 0) is 49.9 Å². The Labute approximate surface area is 176 Å². The second-order valence-electron chi connectivity index (χ2n) is 7.87. The molecule has 2 heterocycles. The number of amides is 1. The molecule has 0 radical (unpaired) electrons. The molecule has 1 fully saturated rings. The Morgan fingerprint density at radius 1 is 0.967 bits per heavy atom. The van der Waals surface area contributed by atoms with Crippen molar-refractivity contribution in [2.24, 2.45) is 5.92 Å². The van der Waals surface area contributed by atoms with E-state index in [1.54, 1.807) is 9.13 Å². The standard InChI is InChI=1S/C24H29N3O3/c1-2-26-21-10-6-7-11-22(21)27(24(26)29)17-14-23(28)25-15-12-19(13-16-25)18-30-20-8-4-3-5-9-20/h3-11,19H,2,12-18H2,1H3. The molecule has 1 aliphatic heterocycles. The van der Waals surface area contributed by atoms with Gasteiger partial charge in [0, 0.05) is 32.6 Å². The van der Waals surface area contributed by atoms with Gasteiger partial charge in [0.1, 0.15) is 5.75 Å². The SMILES string of the molecule is CCn1c(=O)n(CCC(=O)N2CCC(COc3ccccc3)CC2)c2ccccc21. The van der Waals surface area contributed by atoms with E-state index in [0.717, 1.165) is 42.7 Å². The molecule has 6 nitrogen and oxygen atoms in total. The van der Waals surface area contributed by atoms with Crippen LogP contribution in [-0.4, -0.2) is 39.6 Å². The Bertz CT molecular complexity index is 1050. The lowest BCUT2D eigenvalue weighted by atomic mass is 9.97. The van der Waals surface area contributed by atoms with Crippen LogP contribution in [-0.2, 0) is 17.9 Å². The largest absolute Gasteiger partial charge is 0.493 e. The highest BCUT2D eigenvalue weighted by atomic mass is 16.5. The van der Waals surface area contributed by atoms with Crippen molar-refractivity contribution in [3.8, 4) is 5.75 Å². The number of hydrogen-bond acceptors (Lipinski definition) is 3. The first-order valence-corrected chi connectivity index (χ1v) is 10.8. The second kappa shape index (κ2) is 9.20. The van der Waals surface area contributed by atoms with Gasteiger partial charge in [-0.15, -0.1) is 0 Å². The molecule has 0 N–H and O–H groups in total. The first-order chi connectivity index (χ1) is 14.7. The van der Waals surface area contributed by atoms with Gasteiger partial charge in [-0.3, -0.25) is 13.9 Å². The van der Waals surface area contributed by atoms with E-state index in [0.29, 0.717) is 32.0 Å². The molecule has 2 aromatic carbocycles. The smallest absolute Gasteiger partial charge is 0.329 e. The molecule has 1 amide bonds. The summed E-state index contributed by atoms with van der Waals surface area (Å²) in [6.07, 6.45) is 2.25. The number of aryl methyl sites for hydroxylation is 2. The molecule has 0 bridgehead atoms. The van der Waals surface area contributed by atoms with Crippen molar-refractivity contribution in [1.82, 2.24) is 14.0 Å². The van der Waals surface area contributed by atoms with Crippen LogP contribution in [0, 0.1) is 5.92 Å². The number of carbonyl (C=O) groups excluding carboxylic acids is 1. The van der Waals surface area contributed by atoms with Gasteiger partial charge < -0.3 is 9.64 Å². The number of para-hydroxylation sites is 3. The highest BCUT2D eigenvalue weighted by Gasteiger charge is 2.23. The monoisotopic (exact) mass is 407 g/mol. The highest BCUT2D eigenvalue weighted by molar-refractivity contribution is 5.78. The minimum absolute atomic E-state index is 0.0386. The predicted octanol–water partition coefficient (Wildman–Crippen LogP) is 3.53. The highest BCUT2D eigenvalue weighted by Crippen LogP contribution is 2.20. The average Bonchev–Trinajstić information content (AvgIpc) is 3.07. The minimum atomic E-state index is -0.0386. The zero-order chi connectivity index (χ0) is 20.9. The van der Waals surface area contributed by atoms with Gasteiger partial charge >= 0.3 is 5.69 Å². The zero-order valence-corrected chi connectivity index (χ0v) is 17.5. The fourth-order valence-corrected chi connectivity index (χ4v) is 4.24. The summed E-state index contributed by atoms with van der Waals surface area (Å²) >= 11 is 0. The van der Waals surface area contributed by atoms with Gasteiger partial charge in [-0.1, -0.05) is 30.3 Å². The van der Waals surface area contributed by atoms with Crippen molar-refractivity contribution in [3.05, 3.63) is 65.1 Å². The molecule has 0 saturated carbocycles. The number of likely N-dealkylation sites (tertiary alicyclic amines) is 1. The third kappa shape index (κ3) is 4.27. The van der Waals surface area contributed by atoms with Crippen molar-refractivity contribution in [1.29, 1.82) is 0 Å². The van der Waals surface area contributed by atoms with E-state index in [1.165, 1.54) is 0 Å². The van der Waals surface area contributed by atoms with Gasteiger partial charge in [0.15, 0.2) is 0 Å². The first-order valence-electron chi connectivity index (χ1n) is 10.8. The number of hydrogen-bond donors (Lipinski definition) is 0. The quantitative estimate of drug-likeness (QED) is 0.602. The van der Waals surface area contributed by atoms with Gasteiger partial charge in [-0.2, -0.15) is 0 Å². The van der Waals surface area contributed by atoms with Crippen LogP contribution in [0.2, 0.25) is 0 Å². The summed E-state index contributed by atoms with van der Waals surface area (Å²) < 4.78 is 9.36. The topological polar surface area (TPSA) is 56.5 Å². The van der Waals surface area contributed by atoms with Crippen LogP contribution in [0.4, 0.5) is 0 Å². The van der Waals surface area contributed by atoms with Crippen LogP contribution in [0.3, 0.4) is 0 Å². The summed E-state index contributed by atoms with van der Waals surface area (Å²) in [6, 6.07) is 17.6.